The largest absolute Gasteiger partial charge is 0.454 e. The molecule has 3 aliphatic heterocycles. The van der Waals surface area contributed by atoms with Gasteiger partial charge in [-0.2, -0.15) is 0 Å². The number of sulfone groups is 1. The number of rotatable bonds is 6. The Bertz CT molecular complexity index is 1000. The van der Waals surface area contributed by atoms with Crippen molar-refractivity contribution in [1.82, 2.24) is 9.80 Å². The van der Waals surface area contributed by atoms with Crippen molar-refractivity contribution in [2.24, 2.45) is 5.92 Å². The lowest BCUT2D eigenvalue weighted by Gasteiger charge is -2.34. The summed E-state index contributed by atoms with van der Waals surface area (Å²) in [5.41, 5.74) is 0.684. The van der Waals surface area contributed by atoms with E-state index in [0.29, 0.717) is 56.1 Å². The number of likely N-dealkylation sites (tertiary alicyclic amines) is 1. The highest BCUT2D eigenvalue weighted by molar-refractivity contribution is 7.91. The van der Waals surface area contributed by atoms with Crippen molar-refractivity contribution < 1.29 is 27.5 Å². The van der Waals surface area contributed by atoms with Crippen molar-refractivity contribution in [3.63, 3.8) is 0 Å². The molecule has 1 aromatic rings. The predicted molar refractivity (Wildman–Crippen MR) is 117 cm³/mol. The van der Waals surface area contributed by atoms with Crippen LogP contribution in [0.5, 0.6) is 11.5 Å². The summed E-state index contributed by atoms with van der Waals surface area (Å²) >= 11 is 0. The Hall–Kier alpha value is -2.33. The molecule has 10 heteroatoms. The number of hydrogen-bond acceptors (Lipinski definition) is 7. The van der Waals surface area contributed by atoms with Crippen molar-refractivity contribution in [3.8, 4) is 11.5 Å². The number of piperidine rings is 1. The van der Waals surface area contributed by atoms with Gasteiger partial charge in [0.1, 0.15) is 0 Å². The maximum Gasteiger partial charge on any atom is 0.237 e. The van der Waals surface area contributed by atoms with Gasteiger partial charge in [0.25, 0.3) is 0 Å². The molecular weight excluding hydrogens is 434 g/mol. The number of carbonyl (C=O) groups is 2. The molecule has 1 saturated carbocycles. The Morgan fingerprint density at radius 3 is 2.47 bits per heavy atom. The molecule has 0 aromatic heterocycles. The van der Waals surface area contributed by atoms with Gasteiger partial charge in [-0.25, -0.2) is 8.42 Å². The number of benzene rings is 1. The molecule has 9 nitrogen and oxygen atoms in total. The SMILES string of the molecule is O=C(Nc1ccc2c(c1)OCO2)C1CCN(CC(=O)N(C2CC2)[C@H]2CCS(=O)(=O)C2)CC1. The topological polar surface area (TPSA) is 105 Å². The lowest BCUT2D eigenvalue weighted by Crippen LogP contribution is -2.49. The van der Waals surface area contributed by atoms with E-state index < -0.39 is 9.84 Å². The molecule has 174 valence electrons. The molecule has 4 aliphatic rings. The van der Waals surface area contributed by atoms with Gasteiger partial charge in [0.15, 0.2) is 21.3 Å². The maximum absolute atomic E-state index is 13.0. The quantitative estimate of drug-likeness (QED) is 0.677. The number of fused-ring (bicyclic) bond motifs is 1. The van der Waals surface area contributed by atoms with Crippen LogP contribution in [0.4, 0.5) is 5.69 Å². The fourth-order valence-electron chi connectivity index (χ4n) is 4.90. The van der Waals surface area contributed by atoms with Gasteiger partial charge in [0, 0.05) is 29.8 Å². The zero-order valence-corrected chi connectivity index (χ0v) is 18.8. The summed E-state index contributed by atoms with van der Waals surface area (Å²) in [7, 11) is -3.03. The van der Waals surface area contributed by atoms with Crippen molar-refractivity contribution >= 4 is 27.3 Å². The van der Waals surface area contributed by atoms with E-state index in [2.05, 4.69) is 10.2 Å². The minimum Gasteiger partial charge on any atom is -0.454 e. The first-order valence-electron chi connectivity index (χ1n) is 11.3. The molecule has 1 aromatic carbocycles. The van der Waals surface area contributed by atoms with Gasteiger partial charge >= 0.3 is 0 Å². The van der Waals surface area contributed by atoms with E-state index in [4.69, 9.17) is 9.47 Å². The highest BCUT2D eigenvalue weighted by atomic mass is 32.2. The minimum absolute atomic E-state index is 0.0226. The monoisotopic (exact) mass is 463 g/mol. The number of anilines is 1. The predicted octanol–water partition coefficient (Wildman–Crippen LogP) is 1.24. The first kappa shape index (κ1) is 21.5. The van der Waals surface area contributed by atoms with Gasteiger partial charge in [-0.3, -0.25) is 14.5 Å². The van der Waals surface area contributed by atoms with Gasteiger partial charge < -0.3 is 19.7 Å². The fourth-order valence-corrected chi connectivity index (χ4v) is 6.61. The van der Waals surface area contributed by atoms with E-state index in [-0.39, 0.29) is 48.1 Å². The Kier molecular flexibility index (Phi) is 5.75. The average molecular weight is 464 g/mol. The van der Waals surface area contributed by atoms with Gasteiger partial charge in [-0.15, -0.1) is 0 Å². The summed E-state index contributed by atoms with van der Waals surface area (Å²) in [5, 5.41) is 2.96. The van der Waals surface area contributed by atoms with Crippen LogP contribution in [0.25, 0.3) is 0 Å². The highest BCUT2D eigenvalue weighted by Crippen LogP contribution is 2.35. The summed E-state index contributed by atoms with van der Waals surface area (Å²) in [6.45, 7) is 1.83. The molecule has 0 spiro atoms. The minimum atomic E-state index is -3.03. The van der Waals surface area contributed by atoms with Crippen molar-refractivity contribution in [2.75, 3.05) is 43.2 Å². The molecule has 3 fully saturated rings. The van der Waals surface area contributed by atoms with Crippen LogP contribution in [0.3, 0.4) is 0 Å². The second-order valence-corrected chi connectivity index (χ2v) is 11.4. The Balaban J connectivity index is 1.12. The summed E-state index contributed by atoms with van der Waals surface area (Å²) in [4.78, 5) is 29.7. The molecule has 1 N–H and O–H groups in total. The number of nitrogens with one attached hydrogen (secondary N) is 1. The van der Waals surface area contributed by atoms with Gasteiger partial charge in [0.2, 0.25) is 18.6 Å². The number of nitrogens with zero attached hydrogens (tertiary/aromatic N) is 2. The standard InChI is InChI=1S/C22H29N3O6S/c26-21(25(17-2-3-17)18-7-10-32(28,29)13-18)12-24-8-5-15(6-9-24)22(27)23-16-1-4-19-20(11-16)31-14-30-19/h1,4,11,15,17-18H,2-3,5-10,12-14H2,(H,23,27)/t18-/m0/s1. The lowest BCUT2D eigenvalue weighted by molar-refractivity contribution is -0.135. The van der Waals surface area contributed by atoms with Crippen LogP contribution in [0.15, 0.2) is 18.2 Å². The number of amides is 2. The molecular formula is C22H29N3O6S. The first-order chi connectivity index (χ1) is 15.4. The smallest absolute Gasteiger partial charge is 0.237 e. The zero-order chi connectivity index (χ0) is 22.3. The van der Waals surface area contributed by atoms with E-state index in [1.54, 1.807) is 18.2 Å². The molecule has 0 radical (unpaired) electrons. The molecule has 0 bridgehead atoms. The van der Waals surface area contributed by atoms with Gasteiger partial charge in [-0.1, -0.05) is 0 Å². The van der Waals surface area contributed by atoms with Crippen LogP contribution in [-0.2, 0) is 19.4 Å². The average Bonchev–Trinajstić information content (AvgIpc) is 3.36. The summed E-state index contributed by atoms with van der Waals surface area (Å²) in [6, 6.07) is 5.38. The molecule has 1 aliphatic carbocycles. The highest BCUT2D eigenvalue weighted by Gasteiger charge is 2.42. The third-order valence-corrected chi connectivity index (χ3v) is 8.54. The molecule has 2 amide bonds. The van der Waals surface area contributed by atoms with Gasteiger partial charge in [0.05, 0.1) is 18.1 Å². The van der Waals surface area contributed by atoms with Gasteiger partial charge in [-0.05, 0) is 57.3 Å². The third kappa shape index (κ3) is 4.71. The number of carbonyl (C=O) groups excluding carboxylic acids is 2. The summed E-state index contributed by atoms with van der Waals surface area (Å²) in [6.07, 6.45) is 3.84. The second-order valence-electron chi connectivity index (χ2n) is 9.20. The molecule has 0 unspecified atom stereocenters. The van der Waals surface area contributed by atoms with Crippen LogP contribution in [-0.4, -0.2) is 80.0 Å². The second kappa shape index (κ2) is 8.55. The Morgan fingerprint density at radius 1 is 1.03 bits per heavy atom. The molecule has 5 rings (SSSR count). The molecule has 32 heavy (non-hydrogen) atoms. The zero-order valence-electron chi connectivity index (χ0n) is 18.0. The van der Waals surface area contributed by atoms with Crippen molar-refractivity contribution in [3.05, 3.63) is 18.2 Å². The van der Waals surface area contributed by atoms with E-state index in [1.807, 2.05) is 4.90 Å². The maximum atomic E-state index is 13.0. The van der Waals surface area contributed by atoms with Crippen LogP contribution in [0, 0.1) is 5.92 Å². The van der Waals surface area contributed by atoms with Crippen LogP contribution in [0.2, 0.25) is 0 Å². The van der Waals surface area contributed by atoms with E-state index in [9.17, 15) is 18.0 Å². The van der Waals surface area contributed by atoms with Crippen LogP contribution < -0.4 is 14.8 Å². The Labute approximate surface area is 187 Å². The molecule has 3 heterocycles. The van der Waals surface area contributed by atoms with Crippen molar-refractivity contribution in [2.45, 2.75) is 44.2 Å². The Morgan fingerprint density at radius 2 is 1.78 bits per heavy atom. The van der Waals surface area contributed by atoms with E-state index >= 15 is 0 Å². The normalized spacial score (nSPS) is 24.9. The number of ether oxygens (including phenoxy) is 2. The number of hydrogen-bond donors (Lipinski definition) is 1. The molecule has 1 atom stereocenters. The van der Waals surface area contributed by atoms with E-state index in [1.165, 1.54) is 0 Å². The lowest BCUT2D eigenvalue weighted by atomic mass is 9.95. The summed E-state index contributed by atoms with van der Waals surface area (Å²) < 4.78 is 34.4. The molecule has 2 saturated heterocycles. The fraction of sp³-hybridized carbons (Fsp3) is 0.636. The van der Waals surface area contributed by atoms with Crippen molar-refractivity contribution in [1.29, 1.82) is 0 Å². The van der Waals surface area contributed by atoms with Crippen LogP contribution >= 0.6 is 0 Å². The van der Waals surface area contributed by atoms with E-state index in [0.717, 1.165) is 12.8 Å². The summed E-state index contributed by atoms with van der Waals surface area (Å²) in [5.74, 6) is 1.48. The first-order valence-corrected chi connectivity index (χ1v) is 13.1. The third-order valence-electron chi connectivity index (χ3n) is 6.79. The van der Waals surface area contributed by atoms with Crippen LogP contribution in [0.1, 0.15) is 32.1 Å².